The summed E-state index contributed by atoms with van der Waals surface area (Å²) >= 11 is 0. The second-order valence-electron chi connectivity index (χ2n) is 3.62. The van der Waals surface area contributed by atoms with Gasteiger partial charge in [0.05, 0.1) is 25.9 Å². The van der Waals surface area contributed by atoms with Gasteiger partial charge >= 0.3 is 0 Å². The van der Waals surface area contributed by atoms with Crippen LogP contribution in [0.3, 0.4) is 0 Å². The van der Waals surface area contributed by atoms with Crippen LogP contribution in [-0.2, 0) is 0 Å². The van der Waals surface area contributed by atoms with Gasteiger partial charge in [-0.2, -0.15) is 5.26 Å². The van der Waals surface area contributed by atoms with E-state index in [0.717, 1.165) is 11.1 Å². The minimum absolute atomic E-state index is 0.550. The summed E-state index contributed by atoms with van der Waals surface area (Å²) in [5, 5.41) is 8.93. The van der Waals surface area contributed by atoms with Gasteiger partial charge in [-0.1, -0.05) is 0 Å². The molecule has 2 aromatic rings. The molecule has 0 atom stereocenters. The first kappa shape index (κ1) is 11.9. The molecule has 2 rings (SSSR count). The zero-order valence-electron chi connectivity index (χ0n) is 10.2. The van der Waals surface area contributed by atoms with E-state index >= 15 is 0 Å². The van der Waals surface area contributed by atoms with Crippen LogP contribution < -0.4 is 9.47 Å². The van der Waals surface area contributed by atoms with E-state index in [9.17, 15) is 0 Å². The zero-order valence-corrected chi connectivity index (χ0v) is 10.2. The molecule has 18 heavy (non-hydrogen) atoms. The van der Waals surface area contributed by atoms with Crippen molar-refractivity contribution in [1.82, 2.24) is 4.98 Å². The fraction of sp³-hybridized carbons (Fsp3) is 0.143. The summed E-state index contributed by atoms with van der Waals surface area (Å²) in [4.78, 5) is 4.14. The number of aromatic nitrogens is 1. The van der Waals surface area contributed by atoms with Crippen LogP contribution in [0.15, 0.2) is 36.5 Å². The van der Waals surface area contributed by atoms with E-state index in [4.69, 9.17) is 14.7 Å². The highest BCUT2D eigenvalue weighted by Crippen LogP contribution is 2.30. The van der Waals surface area contributed by atoms with Crippen molar-refractivity contribution in [2.24, 2.45) is 0 Å². The number of nitrogens with zero attached hydrogens (tertiary/aromatic N) is 2. The fourth-order valence-corrected chi connectivity index (χ4v) is 1.66. The van der Waals surface area contributed by atoms with Crippen molar-refractivity contribution in [3.8, 4) is 28.8 Å². The van der Waals surface area contributed by atoms with Gasteiger partial charge < -0.3 is 9.47 Å². The number of pyridine rings is 1. The van der Waals surface area contributed by atoms with Crippen molar-refractivity contribution in [2.45, 2.75) is 0 Å². The van der Waals surface area contributed by atoms with Gasteiger partial charge in [0.2, 0.25) is 5.88 Å². The summed E-state index contributed by atoms with van der Waals surface area (Å²) in [7, 11) is 3.17. The number of hydrogen-bond donors (Lipinski definition) is 0. The predicted molar refractivity (Wildman–Crippen MR) is 67.5 cm³/mol. The molecule has 1 aromatic heterocycles. The third-order valence-corrected chi connectivity index (χ3v) is 2.59. The largest absolute Gasteiger partial charge is 0.496 e. The number of nitriles is 1. The first-order valence-electron chi connectivity index (χ1n) is 5.37. The van der Waals surface area contributed by atoms with Gasteiger partial charge in [0, 0.05) is 23.4 Å². The van der Waals surface area contributed by atoms with Gasteiger partial charge in [-0.05, 0) is 24.3 Å². The molecule has 0 radical (unpaired) electrons. The molecule has 0 fully saturated rings. The van der Waals surface area contributed by atoms with Crippen molar-refractivity contribution >= 4 is 0 Å². The van der Waals surface area contributed by atoms with Gasteiger partial charge in [0.15, 0.2) is 0 Å². The smallest absolute Gasteiger partial charge is 0.212 e. The predicted octanol–water partition coefficient (Wildman–Crippen LogP) is 2.64. The highest BCUT2D eigenvalue weighted by Gasteiger charge is 2.07. The second-order valence-corrected chi connectivity index (χ2v) is 3.62. The quantitative estimate of drug-likeness (QED) is 0.827. The number of hydrogen-bond acceptors (Lipinski definition) is 4. The highest BCUT2D eigenvalue weighted by molar-refractivity contribution is 5.71. The highest BCUT2D eigenvalue weighted by atomic mass is 16.5. The van der Waals surface area contributed by atoms with Gasteiger partial charge in [-0.15, -0.1) is 0 Å². The van der Waals surface area contributed by atoms with Crippen LogP contribution in [-0.4, -0.2) is 19.2 Å². The van der Waals surface area contributed by atoms with Crippen LogP contribution in [0.4, 0.5) is 0 Å². The van der Waals surface area contributed by atoms with Crippen LogP contribution in [0, 0.1) is 11.3 Å². The molecular formula is C14H12N2O2. The topological polar surface area (TPSA) is 55.1 Å². The standard InChI is InChI=1S/C14H12N2O2/c1-17-13-5-3-10(8-15)7-12(13)11-4-6-14(18-2)16-9-11/h3-7,9H,1-2H3. The molecule has 0 aliphatic carbocycles. The van der Waals surface area contributed by atoms with E-state index in [2.05, 4.69) is 11.1 Å². The Morgan fingerprint density at radius 2 is 1.94 bits per heavy atom. The van der Waals surface area contributed by atoms with Crippen molar-refractivity contribution in [1.29, 1.82) is 5.26 Å². The maximum atomic E-state index is 8.93. The molecule has 0 N–H and O–H groups in total. The third kappa shape index (κ3) is 2.25. The Morgan fingerprint density at radius 1 is 1.11 bits per heavy atom. The summed E-state index contributed by atoms with van der Waals surface area (Å²) in [6.07, 6.45) is 1.69. The molecule has 0 amide bonds. The van der Waals surface area contributed by atoms with Gasteiger partial charge in [-0.25, -0.2) is 4.98 Å². The number of benzene rings is 1. The molecule has 4 heteroatoms. The molecule has 1 aromatic carbocycles. The summed E-state index contributed by atoms with van der Waals surface area (Å²) in [5.41, 5.74) is 2.30. The van der Waals surface area contributed by atoms with E-state index in [0.29, 0.717) is 17.2 Å². The van der Waals surface area contributed by atoms with Crippen LogP contribution in [0.5, 0.6) is 11.6 Å². The summed E-state index contributed by atoms with van der Waals surface area (Å²) in [6, 6.07) is 11.0. The SMILES string of the molecule is COc1ccc(-c2cc(C#N)ccc2OC)cn1. The third-order valence-electron chi connectivity index (χ3n) is 2.59. The Balaban J connectivity index is 2.50. The number of methoxy groups -OCH3 is 2. The number of ether oxygens (including phenoxy) is 2. The molecule has 0 aliphatic rings. The van der Waals surface area contributed by atoms with E-state index < -0.39 is 0 Å². The van der Waals surface area contributed by atoms with E-state index in [1.165, 1.54) is 0 Å². The zero-order chi connectivity index (χ0) is 13.0. The Labute approximate surface area is 105 Å². The van der Waals surface area contributed by atoms with Crippen molar-refractivity contribution in [2.75, 3.05) is 14.2 Å². The summed E-state index contributed by atoms with van der Waals surface area (Å²) in [6.45, 7) is 0. The maximum absolute atomic E-state index is 8.93. The Morgan fingerprint density at radius 3 is 2.50 bits per heavy atom. The van der Waals surface area contributed by atoms with E-state index in [1.54, 1.807) is 44.7 Å². The lowest BCUT2D eigenvalue weighted by Gasteiger charge is -2.09. The van der Waals surface area contributed by atoms with Crippen molar-refractivity contribution in [3.63, 3.8) is 0 Å². The first-order chi connectivity index (χ1) is 8.78. The fourth-order valence-electron chi connectivity index (χ4n) is 1.66. The van der Waals surface area contributed by atoms with Crippen LogP contribution in [0.1, 0.15) is 5.56 Å². The Kier molecular flexibility index (Phi) is 3.44. The lowest BCUT2D eigenvalue weighted by Crippen LogP contribution is -1.91. The van der Waals surface area contributed by atoms with E-state index in [1.807, 2.05) is 6.07 Å². The Bertz CT molecular complexity index is 586. The van der Waals surface area contributed by atoms with Gasteiger partial charge in [0.1, 0.15) is 5.75 Å². The minimum atomic E-state index is 0.550. The molecule has 90 valence electrons. The lowest BCUT2D eigenvalue weighted by atomic mass is 10.0. The van der Waals surface area contributed by atoms with Gasteiger partial charge in [0.25, 0.3) is 0 Å². The van der Waals surface area contributed by atoms with Crippen LogP contribution in [0.2, 0.25) is 0 Å². The molecular weight excluding hydrogens is 228 g/mol. The molecule has 0 saturated heterocycles. The van der Waals surface area contributed by atoms with Crippen molar-refractivity contribution < 1.29 is 9.47 Å². The van der Waals surface area contributed by atoms with Crippen LogP contribution in [0.25, 0.3) is 11.1 Å². The number of rotatable bonds is 3. The monoisotopic (exact) mass is 240 g/mol. The normalized spacial score (nSPS) is 9.61. The summed E-state index contributed by atoms with van der Waals surface area (Å²) in [5.74, 6) is 1.26. The average Bonchev–Trinajstić information content (AvgIpc) is 2.46. The summed E-state index contributed by atoms with van der Waals surface area (Å²) < 4.78 is 10.3. The maximum Gasteiger partial charge on any atom is 0.212 e. The molecule has 0 saturated carbocycles. The minimum Gasteiger partial charge on any atom is -0.496 e. The Hall–Kier alpha value is -2.54. The van der Waals surface area contributed by atoms with E-state index in [-0.39, 0.29) is 0 Å². The molecule has 0 aliphatic heterocycles. The lowest BCUT2D eigenvalue weighted by molar-refractivity contribution is 0.398. The molecule has 0 bridgehead atoms. The van der Waals surface area contributed by atoms with Gasteiger partial charge in [-0.3, -0.25) is 0 Å². The molecule has 1 heterocycles. The van der Waals surface area contributed by atoms with Crippen molar-refractivity contribution in [3.05, 3.63) is 42.1 Å². The average molecular weight is 240 g/mol. The first-order valence-corrected chi connectivity index (χ1v) is 5.37. The molecule has 0 unspecified atom stereocenters. The molecule has 0 spiro atoms. The van der Waals surface area contributed by atoms with Crippen LogP contribution >= 0.6 is 0 Å². The second kappa shape index (κ2) is 5.19. The molecule has 4 nitrogen and oxygen atoms in total.